The topological polar surface area (TPSA) is 360 Å². The van der Waals surface area contributed by atoms with Crippen molar-refractivity contribution in [3.8, 4) is 11.5 Å². The Hall–Kier alpha value is -9.24. The molecule has 5 heterocycles. The van der Waals surface area contributed by atoms with E-state index in [0.29, 0.717) is 18.4 Å². The van der Waals surface area contributed by atoms with E-state index in [2.05, 4.69) is 34.4 Å². The van der Waals surface area contributed by atoms with Gasteiger partial charge in [0.1, 0.15) is 71.8 Å². The van der Waals surface area contributed by atoms with Crippen LogP contribution in [0.5, 0.6) is 0 Å². The number of fused-ring (bicyclic) bond motifs is 4. The van der Waals surface area contributed by atoms with Gasteiger partial charge in [-0.2, -0.15) is 0 Å². The summed E-state index contributed by atoms with van der Waals surface area (Å²) in [6.45, 7) is 23.1. The molecule has 6 N–H and O–H groups in total. The van der Waals surface area contributed by atoms with Crippen molar-refractivity contribution < 1.29 is 71.4 Å². The lowest BCUT2D eigenvalue weighted by atomic mass is 9.98. The van der Waals surface area contributed by atoms with Gasteiger partial charge in [-0.15, -0.1) is 0 Å². The van der Waals surface area contributed by atoms with Crippen LogP contribution < -0.4 is 32.4 Å². The van der Waals surface area contributed by atoms with Crippen LogP contribution in [0.1, 0.15) is 113 Å². The number of rotatable bonds is 10. The average molecular weight is 1280 g/mol. The van der Waals surface area contributed by atoms with E-state index < -0.39 is 191 Å². The zero-order valence-corrected chi connectivity index (χ0v) is 54.7. The molecule has 6 aliphatic rings. The van der Waals surface area contributed by atoms with E-state index in [0.717, 1.165) is 22.0 Å². The summed E-state index contributed by atoms with van der Waals surface area (Å²) in [5.74, 6) is -13.0. The molecule has 1 aromatic rings. The zero-order valence-electron chi connectivity index (χ0n) is 54.7. The fraction of sp³-hybridized carbons (Fsp3) is 0.562. The minimum absolute atomic E-state index is 0.104. The van der Waals surface area contributed by atoms with Crippen molar-refractivity contribution in [1.82, 2.24) is 55.7 Å². The van der Waals surface area contributed by atoms with Crippen LogP contribution in [0.2, 0.25) is 0 Å². The SMILES string of the molecule is C=CC1OC(=O)C(C(C)C)N(C)C(=O)CN(C)C(=O)C2CCCN2C(=O)C(C(C)C)NC(=O)C1NC(=O)c1c2nc3c(C(=O)NC4C(=O)NC(C(C)C)C(=O)N5CCCC5C(=O)N(C)CC(=O)N(C)C(C(C)C)C(=O)OC4C=C)ccc(C)c3oc-2c(C)c(=O)c1N. The van der Waals surface area contributed by atoms with E-state index in [1.165, 1.54) is 66.8 Å². The predicted octanol–water partition coefficient (Wildman–Crippen LogP) is 1.06. The number of nitrogens with zero attached hydrogens (tertiary/aromatic N) is 7. The number of ether oxygens (including phenoxy) is 2. The Bertz CT molecular complexity index is 3520. The molecule has 10 atom stereocenters. The Morgan fingerprint density at radius 1 is 0.630 bits per heavy atom. The molecular formula is C64H86N12O16. The molecule has 5 aliphatic heterocycles. The van der Waals surface area contributed by atoms with Crippen molar-refractivity contribution in [2.24, 2.45) is 23.7 Å². The van der Waals surface area contributed by atoms with Crippen LogP contribution in [0.4, 0.5) is 5.69 Å². The molecule has 1 aliphatic carbocycles. The summed E-state index contributed by atoms with van der Waals surface area (Å²) in [5, 5.41) is 10.6. The fourth-order valence-corrected chi connectivity index (χ4v) is 12.3. The number of likely N-dealkylation sites (N-methyl/N-ethyl adjacent to an activating group) is 4. The molecule has 0 spiro atoms. The maximum Gasteiger partial charge on any atom is 0.329 e. The summed E-state index contributed by atoms with van der Waals surface area (Å²) in [4.78, 5) is 200. The number of esters is 2. The second kappa shape index (κ2) is 28.5. The summed E-state index contributed by atoms with van der Waals surface area (Å²) in [7, 11) is 5.53. The van der Waals surface area contributed by atoms with Gasteiger partial charge in [0.15, 0.2) is 11.3 Å². The first-order chi connectivity index (χ1) is 43.2. The summed E-state index contributed by atoms with van der Waals surface area (Å²) in [5.41, 5.74) is 3.31. The van der Waals surface area contributed by atoms with Crippen molar-refractivity contribution in [2.45, 2.75) is 155 Å². The van der Waals surface area contributed by atoms with E-state index in [1.54, 1.807) is 62.3 Å². The second-order valence-corrected chi connectivity index (χ2v) is 25.5. The first kappa shape index (κ1) is 70.2. The van der Waals surface area contributed by atoms with Crippen molar-refractivity contribution in [1.29, 1.82) is 0 Å². The highest BCUT2D eigenvalue weighted by Gasteiger charge is 2.47. The van der Waals surface area contributed by atoms with E-state index in [9.17, 15) is 47.9 Å². The number of hydrogen-bond donors (Lipinski definition) is 5. The minimum Gasteiger partial charge on any atom is -0.454 e. The van der Waals surface area contributed by atoms with Crippen LogP contribution in [-0.4, -0.2) is 220 Å². The Morgan fingerprint density at radius 2 is 1.05 bits per heavy atom. The van der Waals surface area contributed by atoms with Crippen LogP contribution >= 0.6 is 0 Å². The van der Waals surface area contributed by atoms with Crippen molar-refractivity contribution >= 4 is 87.8 Å². The third-order valence-corrected chi connectivity index (χ3v) is 17.6. The highest BCUT2D eigenvalue weighted by Crippen LogP contribution is 2.35. The lowest BCUT2D eigenvalue weighted by Crippen LogP contribution is -2.61. The maximum atomic E-state index is 15.3. The third kappa shape index (κ3) is 14.0. The molecular weight excluding hydrogens is 1190 g/mol. The first-order valence-corrected chi connectivity index (χ1v) is 30.9. The molecule has 28 nitrogen and oxygen atoms in total. The molecule has 10 amide bonds. The largest absolute Gasteiger partial charge is 0.454 e. The highest BCUT2D eigenvalue weighted by molar-refractivity contribution is 6.10. The fourth-order valence-electron chi connectivity index (χ4n) is 12.3. The monoisotopic (exact) mass is 1280 g/mol. The van der Waals surface area contributed by atoms with E-state index in [4.69, 9.17) is 24.6 Å². The Balaban J connectivity index is 1.35. The Kier molecular flexibility index (Phi) is 21.8. The van der Waals surface area contributed by atoms with Gasteiger partial charge in [-0.1, -0.05) is 74.6 Å². The number of nitrogen functional groups attached to an aromatic ring is 1. The highest BCUT2D eigenvalue weighted by atomic mass is 16.6. The molecule has 4 fully saturated rings. The second-order valence-electron chi connectivity index (χ2n) is 25.5. The zero-order chi connectivity index (χ0) is 68.4. The van der Waals surface area contributed by atoms with Gasteiger partial charge in [0.05, 0.1) is 29.9 Å². The average Bonchev–Trinajstić information content (AvgIpc) is 1.02. The molecule has 10 unspecified atom stereocenters. The van der Waals surface area contributed by atoms with E-state index >= 15 is 14.4 Å². The van der Waals surface area contributed by atoms with Gasteiger partial charge in [-0.05, 0) is 87.0 Å². The van der Waals surface area contributed by atoms with Gasteiger partial charge in [0.25, 0.3) is 11.8 Å². The van der Waals surface area contributed by atoms with Crippen molar-refractivity contribution in [3.63, 3.8) is 0 Å². The molecule has 0 saturated carbocycles. The Labute approximate surface area is 533 Å². The van der Waals surface area contributed by atoms with Crippen LogP contribution in [0.15, 0.2) is 46.7 Å². The number of aromatic nitrogens is 1. The maximum absolute atomic E-state index is 15.3. The lowest BCUT2D eigenvalue weighted by molar-refractivity contribution is -0.162. The van der Waals surface area contributed by atoms with Gasteiger partial charge in [-0.25, -0.2) is 14.6 Å². The molecule has 7 rings (SSSR count). The predicted molar refractivity (Wildman–Crippen MR) is 335 cm³/mol. The van der Waals surface area contributed by atoms with Gasteiger partial charge in [0, 0.05) is 46.8 Å². The van der Waals surface area contributed by atoms with Crippen LogP contribution in [0.3, 0.4) is 0 Å². The van der Waals surface area contributed by atoms with Gasteiger partial charge >= 0.3 is 11.9 Å². The number of nitrogens with two attached hydrogens (primary N) is 1. The van der Waals surface area contributed by atoms with Gasteiger partial charge in [0.2, 0.25) is 52.7 Å². The lowest BCUT2D eigenvalue weighted by Gasteiger charge is -2.36. The van der Waals surface area contributed by atoms with Gasteiger partial charge in [-0.3, -0.25) is 52.7 Å². The summed E-state index contributed by atoms with van der Waals surface area (Å²) < 4.78 is 18.4. The number of cyclic esters (lactones) is 2. The van der Waals surface area contributed by atoms with E-state index in [-0.39, 0.29) is 53.9 Å². The number of amides is 10. The first-order valence-electron chi connectivity index (χ1n) is 30.9. The standard InChI is InChI=1S/C64H86N12O16/c1-17-38-47(57(82)67-44(29(3)4)61(86)75-25-19-21-36(75)59(84)71(13)27-40(77)73(15)50(31(7)8)63(88)90-38)69-55(80)35-24-23-33(11)53-46(35)66-49-42(43(65)52(79)34(12)54(49)92-53)56(81)70-48-39(18-2)91-64(89)51(32(9)10)74(16)41(78)28-72(14)60(85)37-22-20-26-76(37)62(87)45(30(5)6)68-58(48)83/h17-18,23-24,29-32,36-39,44-45,47-48,50-51H,1-2,19-22,25-28,65H2,3-16H3,(H,67,82)(H,68,83)(H,69,80)(H,70,81). The third-order valence-electron chi connectivity index (χ3n) is 17.6. The molecule has 0 radical (unpaired) electrons. The molecule has 28 heteroatoms. The molecule has 0 bridgehead atoms. The van der Waals surface area contributed by atoms with Crippen LogP contribution in [0.25, 0.3) is 22.6 Å². The minimum atomic E-state index is -2.00. The van der Waals surface area contributed by atoms with E-state index in [1.807, 2.05) is 0 Å². The summed E-state index contributed by atoms with van der Waals surface area (Å²) in [6.07, 6.45) is 0.0318. The number of aryl methyl sites for hydroxylation is 1. The van der Waals surface area contributed by atoms with Crippen LogP contribution in [-0.2, 0) is 57.4 Å². The normalized spacial score (nSPS) is 25.8. The summed E-state index contributed by atoms with van der Waals surface area (Å²) in [6, 6.07) is -8.39. The number of carbonyl (C=O) groups is 12. The molecule has 498 valence electrons. The summed E-state index contributed by atoms with van der Waals surface area (Å²) >= 11 is 0. The molecule has 92 heavy (non-hydrogen) atoms. The quantitative estimate of drug-likeness (QED) is 0.0820. The molecule has 1 aromatic carbocycles. The number of anilines is 1. The number of carbonyl (C=O) groups excluding carboxylic acids is 12. The number of nitrogens with one attached hydrogen (secondary N) is 4. The Morgan fingerprint density at radius 3 is 1.46 bits per heavy atom. The van der Waals surface area contributed by atoms with Crippen molar-refractivity contribution in [3.05, 3.63) is 69.9 Å². The number of benzene rings is 2. The van der Waals surface area contributed by atoms with Crippen molar-refractivity contribution in [2.75, 3.05) is 60.1 Å². The van der Waals surface area contributed by atoms with Gasteiger partial charge < -0.3 is 70.3 Å². The molecule has 4 saturated heterocycles. The van der Waals surface area contributed by atoms with Crippen LogP contribution in [0, 0.1) is 37.5 Å². The number of hydrogen-bond acceptors (Lipinski definition) is 18. The smallest absolute Gasteiger partial charge is 0.329 e. The molecule has 0 aromatic heterocycles.